The summed E-state index contributed by atoms with van der Waals surface area (Å²) in [5.41, 5.74) is 2.44. The molecule has 2 heterocycles. The van der Waals surface area contributed by atoms with Gasteiger partial charge < -0.3 is 4.90 Å². The molecule has 0 radical (unpaired) electrons. The molecule has 1 unspecified atom stereocenters. The summed E-state index contributed by atoms with van der Waals surface area (Å²) in [5.74, 6) is 0.457. The minimum Gasteiger partial charge on any atom is -0.340 e. The molecule has 0 saturated carbocycles. The molecule has 2 aromatic carbocycles. The van der Waals surface area contributed by atoms with Gasteiger partial charge in [0.25, 0.3) is 5.56 Å². The lowest BCUT2D eigenvalue weighted by atomic mass is 10.2. The molecule has 0 fully saturated rings. The number of fused-ring (bicyclic) bond motifs is 1. The van der Waals surface area contributed by atoms with Crippen LogP contribution in [-0.2, 0) is 11.3 Å². The zero-order chi connectivity index (χ0) is 22.7. The summed E-state index contributed by atoms with van der Waals surface area (Å²) in [6.07, 6.45) is 1.67. The zero-order valence-electron chi connectivity index (χ0n) is 18.2. The highest BCUT2D eigenvalue weighted by Crippen LogP contribution is 2.26. The fourth-order valence-electron chi connectivity index (χ4n) is 3.49. The molecule has 0 bridgehead atoms. The Balaban J connectivity index is 1.69. The van der Waals surface area contributed by atoms with Gasteiger partial charge in [-0.3, -0.25) is 9.59 Å². The van der Waals surface area contributed by atoms with E-state index in [-0.39, 0.29) is 11.5 Å². The molecule has 0 aliphatic rings. The van der Waals surface area contributed by atoms with Crippen LogP contribution in [0.1, 0.15) is 18.1 Å². The number of benzene rings is 2. The number of aryl methyl sites for hydroxylation is 1. The van der Waals surface area contributed by atoms with E-state index in [0.29, 0.717) is 28.4 Å². The Labute approximate surface area is 190 Å². The minimum atomic E-state index is -0.437. The molecular formula is C25H24N4O2S. The van der Waals surface area contributed by atoms with Crippen molar-refractivity contribution in [3.63, 3.8) is 0 Å². The molecule has 2 aromatic heterocycles. The molecule has 1 atom stereocenters. The first-order valence-corrected chi connectivity index (χ1v) is 11.2. The molecular weight excluding hydrogens is 420 g/mol. The van der Waals surface area contributed by atoms with Crippen molar-refractivity contribution in [1.82, 2.24) is 19.4 Å². The maximum Gasteiger partial charge on any atom is 0.267 e. The Morgan fingerprint density at radius 3 is 2.56 bits per heavy atom. The van der Waals surface area contributed by atoms with E-state index in [1.54, 1.807) is 24.2 Å². The van der Waals surface area contributed by atoms with E-state index in [4.69, 9.17) is 4.98 Å². The van der Waals surface area contributed by atoms with Crippen molar-refractivity contribution in [3.05, 3.63) is 94.4 Å². The molecule has 0 aliphatic heterocycles. The maximum absolute atomic E-state index is 13.4. The van der Waals surface area contributed by atoms with E-state index in [1.807, 2.05) is 74.5 Å². The molecule has 0 saturated heterocycles. The number of rotatable bonds is 6. The van der Waals surface area contributed by atoms with Crippen molar-refractivity contribution in [2.24, 2.45) is 0 Å². The van der Waals surface area contributed by atoms with Gasteiger partial charge in [0.1, 0.15) is 5.82 Å². The van der Waals surface area contributed by atoms with E-state index in [9.17, 15) is 9.59 Å². The third-order valence-corrected chi connectivity index (χ3v) is 6.18. The number of nitrogens with zero attached hydrogens (tertiary/aromatic N) is 4. The van der Waals surface area contributed by atoms with Gasteiger partial charge in [-0.1, -0.05) is 54.2 Å². The molecule has 4 rings (SSSR count). The summed E-state index contributed by atoms with van der Waals surface area (Å²) in [4.78, 5) is 37.3. The molecule has 32 heavy (non-hydrogen) atoms. The Morgan fingerprint density at radius 2 is 1.81 bits per heavy atom. The van der Waals surface area contributed by atoms with Crippen molar-refractivity contribution < 1.29 is 4.79 Å². The van der Waals surface area contributed by atoms with Crippen LogP contribution < -0.4 is 5.56 Å². The number of hydrogen-bond acceptors (Lipinski definition) is 5. The molecule has 0 aliphatic carbocycles. The highest BCUT2D eigenvalue weighted by atomic mass is 32.2. The van der Waals surface area contributed by atoms with Gasteiger partial charge in [-0.05, 0) is 49.2 Å². The number of para-hydroxylation sites is 1. The normalized spacial score (nSPS) is 12.0. The molecule has 162 valence electrons. The number of hydrogen-bond donors (Lipinski definition) is 0. The average Bonchev–Trinajstić information content (AvgIpc) is 2.79. The average molecular weight is 445 g/mol. The lowest BCUT2D eigenvalue weighted by Gasteiger charge is -2.22. The SMILES string of the molecule is Cc1ccnc(-n2c(SC(C)C(=O)N(C)Cc3ccccc3)nc3ccccc3c2=O)c1. The molecule has 0 N–H and O–H groups in total. The van der Waals surface area contributed by atoms with Crippen LogP contribution >= 0.6 is 11.8 Å². The predicted octanol–water partition coefficient (Wildman–Crippen LogP) is 4.23. The first-order chi connectivity index (χ1) is 15.4. The highest BCUT2D eigenvalue weighted by Gasteiger charge is 2.23. The van der Waals surface area contributed by atoms with E-state index >= 15 is 0 Å². The van der Waals surface area contributed by atoms with Gasteiger partial charge in [-0.2, -0.15) is 0 Å². The maximum atomic E-state index is 13.4. The topological polar surface area (TPSA) is 68.1 Å². The van der Waals surface area contributed by atoms with Crippen molar-refractivity contribution in [3.8, 4) is 5.82 Å². The fraction of sp³-hybridized carbons (Fsp3) is 0.200. The minimum absolute atomic E-state index is 0.0370. The van der Waals surface area contributed by atoms with Crippen molar-refractivity contribution >= 4 is 28.6 Å². The number of pyridine rings is 1. The van der Waals surface area contributed by atoms with E-state index in [2.05, 4.69) is 4.98 Å². The quantitative estimate of drug-likeness (QED) is 0.329. The monoisotopic (exact) mass is 444 g/mol. The number of carbonyl (C=O) groups excluding carboxylic acids is 1. The summed E-state index contributed by atoms with van der Waals surface area (Å²) in [5, 5.41) is 0.522. The van der Waals surface area contributed by atoms with Crippen molar-refractivity contribution in [2.45, 2.75) is 30.8 Å². The number of thioether (sulfide) groups is 1. The Bertz CT molecular complexity index is 1320. The summed E-state index contributed by atoms with van der Waals surface area (Å²) < 4.78 is 1.50. The molecule has 0 spiro atoms. The van der Waals surface area contributed by atoms with Gasteiger partial charge in [0.15, 0.2) is 5.16 Å². The highest BCUT2D eigenvalue weighted by molar-refractivity contribution is 8.00. The molecule has 6 nitrogen and oxygen atoms in total. The third kappa shape index (κ3) is 4.57. The van der Waals surface area contributed by atoms with E-state index < -0.39 is 5.25 Å². The van der Waals surface area contributed by atoms with Gasteiger partial charge in [0, 0.05) is 19.8 Å². The number of amides is 1. The summed E-state index contributed by atoms with van der Waals surface area (Å²) in [7, 11) is 1.79. The first-order valence-electron chi connectivity index (χ1n) is 10.3. The van der Waals surface area contributed by atoms with Crippen LogP contribution in [0.15, 0.2) is 82.9 Å². The van der Waals surface area contributed by atoms with Crippen LogP contribution in [0.2, 0.25) is 0 Å². The van der Waals surface area contributed by atoms with Gasteiger partial charge in [-0.15, -0.1) is 0 Å². The smallest absolute Gasteiger partial charge is 0.267 e. The lowest BCUT2D eigenvalue weighted by Crippen LogP contribution is -2.33. The van der Waals surface area contributed by atoms with Crippen LogP contribution in [0.3, 0.4) is 0 Å². The van der Waals surface area contributed by atoms with E-state index in [1.165, 1.54) is 16.3 Å². The second-order valence-electron chi connectivity index (χ2n) is 7.68. The molecule has 7 heteroatoms. The van der Waals surface area contributed by atoms with Crippen LogP contribution in [0.5, 0.6) is 0 Å². The Hall–Kier alpha value is -3.45. The number of aromatic nitrogens is 3. The largest absolute Gasteiger partial charge is 0.340 e. The summed E-state index contributed by atoms with van der Waals surface area (Å²) in [6.45, 7) is 4.30. The second-order valence-corrected chi connectivity index (χ2v) is 8.99. The second kappa shape index (κ2) is 9.36. The summed E-state index contributed by atoms with van der Waals surface area (Å²) >= 11 is 1.27. The van der Waals surface area contributed by atoms with Crippen LogP contribution in [0.25, 0.3) is 16.7 Å². The fourth-order valence-corrected chi connectivity index (χ4v) is 4.52. The zero-order valence-corrected chi connectivity index (χ0v) is 19.0. The van der Waals surface area contributed by atoms with Gasteiger partial charge in [0.05, 0.1) is 16.2 Å². The van der Waals surface area contributed by atoms with Gasteiger partial charge in [-0.25, -0.2) is 14.5 Å². The third-order valence-electron chi connectivity index (χ3n) is 5.14. The predicted molar refractivity (Wildman–Crippen MR) is 128 cm³/mol. The Kier molecular flexibility index (Phi) is 6.37. The number of carbonyl (C=O) groups is 1. The first kappa shape index (κ1) is 21.8. The molecule has 4 aromatic rings. The van der Waals surface area contributed by atoms with E-state index in [0.717, 1.165) is 11.1 Å². The van der Waals surface area contributed by atoms with Gasteiger partial charge in [0.2, 0.25) is 5.91 Å². The standard InChI is InChI=1S/C25H24N4O2S/c1-17-13-14-26-22(15-17)29-24(31)20-11-7-8-12-21(20)27-25(29)32-18(2)23(30)28(3)16-19-9-5-4-6-10-19/h4-15,18H,16H2,1-3H3. The molecule has 1 amide bonds. The lowest BCUT2D eigenvalue weighted by molar-refractivity contribution is -0.129. The van der Waals surface area contributed by atoms with Crippen molar-refractivity contribution in [2.75, 3.05) is 7.05 Å². The summed E-state index contributed by atoms with van der Waals surface area (Å²) in [6, 6.07) is 20.8. The van der Waals surface area contributed by atoms with Crippen molar-refractivity contribution in [1.29, 1.82) is 0 Å². The Morgan fingerprint density at radius 1 is 1.09 bits per heavy atom. The van der Waals surface area contributed by atoms with Crippen LogP contribution in [0.4, 0.5) is 0 Å². The van der Waals surface area contributed by atoms with Crippen LogP contribution in [-0.4, -0.2) is 37.6 Å². The van der Waals surface area contributed by atoms with Crippen LogP contribution in [0, 0.1) is 6.92 Å². The van der Waals surface area contributed by atoms with Gasteiger partial charge >= 0.3 is 0 Å².